The lowest BCUT2D eigenvalue weighted by Gasteiger charge is -2.31. The van der Waals surface area contributed by atoms with Crippen LogP contribution < -0.4 is 5.32 Å². The smallest absolute Gasteiger partial charge is 0.226 e. The first kappa shape index (κ1) is 17.3. The van der Waals surface area contributed by atoms with Gasteiger partial charge in [-0.3, -0.25) is 9.78 Å². The van der Waals surface area contributed by atoms with Crippen LogP contribution in [0.3, 0.4) is 0 Å². The van der Waals surface area contributed by atoms with Gasteiger partial charge in [-0.15, -0.1) is 0 Å². The van der Waals surface area contributed by atoms with Crippen LogP contribution in [0.2, 0.25) is 5.02 Å². The summed E-state index contributed by atoms with van der Waals surface area (Å²) in [5.41, 5.74) is 0.717. The third kappa shape index (κ3) is 4.32. The Labute approximate surface area is 149 Å². The topological polar surface area (TPSA) is 62.3 Å². The molecule has 0 saturated carbocycles. The van der Waals surface area contributed by atoms with Crippen molar-refractivity contribution in [2.75, 3.05) is 19.3 Å². The Morgan fingerprint density at radius 1 is 1.42 bits per heavy atom. The predicted molar refractivity (Wildman–Crippen MR) is 97.3 cm³/mol. The van der Waals surface area contributed by atoms with E-state index in [0.717, 1.165) is 30.2 Å². The number of hydrogen-bond acceptors (Lipinski definition) is 3. The predicted octanol–water partition coefficient (Wildman–Crippen LogP) is 2.30. The highest BCUT2D eigenvalue weighted by Gasteiger charge is 2.23. The summed E-state index contributed by atoms with van der Waals surface area (Å²) in [6.07, 6.45) is 5.52. The number of piperidine rings is 1. The molecule has 1 N–H and O–H groups in total. The number of benzene rings is 1. The van der Waals surface area contributed by atoms with Crippen LogP contribution in [0, 0.1) is 0 Å². The number of amides is 1. The number of aromatic nitrogens is 1. The fourth-order valence-corrected chi connectivity index (χ4v) is 3.95. The number of nitrogens with zero attached hydrogens (tertiary/aromatic N) is 2. The maximum absolute atomic E-state index is 12.3. The number of carbonyl (C=O) groups is 1. The van der Waals surface area contributed by atoms with E-state index in [4.69, 9.17) is 11.6 Å². The number of nitrogens with one attached hydrogen (secondary N) is 1. The van der Waals surface area contributed by atoms with Crippen molar-refractivity contribution < 1.29 is 9.00 Å². The van der Waals surface area contributed by atoms with Gasteiger partial charge in [0.25, 0.3) is 0 Å². The van der Waals surface area contributed by atoms with Gasteiger partial charge in [-0.2, -0.15) is 0 Å². The standard InChI is InChI=1S/C17H20ClN3O2S/c1-24(23)21-6-2-3-15(11-21)20-17(22)9-16-8-13-7-14(18)5-4-12(13)10-19-16/h4-5,7-8,10,15H,2-3,6,9,11H2,1H3,(H,20,22). The third-order valence-electron chi connectivity index (χ3n) is 4.19. The van der Waals surface area contributed by atoms with E-state index >= 15 is 0 Å². The van der Waals surface area contributed by atoms with Gasteiger partial charge in [-0.25, -0.2) is 8.51 Å². The summed E-state index contributed by atoms with van der Waals surface area (Å²) < 4.78 is 13.5. The average molecular weight is 366 g/mol. The summed E-state index contributed by atoms with van der Waals surface area (Å²) in [4.78, 5) is 16.6. The van der Waals surface area contributed by atoms with E-state index in [1.165, 1.54) is 0 Å². The monoisotopic (exact) mass is 365 g/mol. The van der Waals surface area contributed by atoms with Gasteiger partial charge in [0.1, 0.15) is 0 Å². The summed E-state index contributed by atoms with van der Waals surface area (Å²) >= 11 is 6.02. The number of carbonyl (C=O) groups excluding carboxylic acids is 1. The minimum absolute atomic E-state index is 0.0463. The highest BCUT2D eigenvalue weighted by atomic mass is 35.5. The largest absolute Gasteiger partial charge is 0.352 e. The third-order valence-corrected chi connectivity index (χ3v) is 5.49. The summed E-state index contributed by atoms with van der Waals surface area (Å²) in [5, 5.41) is 5.67. The van der Waals surface area contributed by atoms with E-state index in [0.29, 0.717) is 17.3 Å². The molecule has 24 heavy (non-hydrogen) atoms. The Morgan fingerprint density at radius 3 is 3.04 bits per heavy atom. The molecule has 1 aromatic heterocycles. The molecule has 2 unspecified atom stereocenters. The van der Waals surface area contributed by atoms with Gasteiger partial charge in [0, 0.05) is 42.0 Å². The van der Waals surface area contributed by atoms with Crippen LogP contribution in [0.4, 0.5) is 0 Å². The number of pyridine rings is 1. The summed E-state index contributed by atoms with van der Waals surface area (Å²) in [7, 11) is -0.986. The summed E-state index contributed by atoms with van der Waals surface area (Å²) in [6, 6.07) is 7.55. The van der Waals surface area contributed by atoms with Crippen molar-refractivity contribution in [3.63, 3.8) is 0 Å². The second kappa shape index (κ2) is 7.59. The first-order chi connectivity index (χ1) is 11.5. The molecule has 0 spiro atoms. The number of fused-ring (bicyclic) bond motifs is 1. The molecule has 1 aliphatic heterocycles. The van der Waals surface area contributed by atoms with Crippen LogP contribution in [0.25, 0.3) is 10.8 Å². The molecule has 1 aliphatic rings. The molecule has 5 nitrogen and oxygen atoms in total. The van der Waals surface area contributed by atoms with Gasteiger partial charge in [0.15, 0.2) is 0 Å². The van der Waals surface area contributed by atoms with Crippen molar-refractivity contribution in [2.24, 2.45) is 0 Å². The van der Waals surface area contributed by atoms with E-state index < -0.39 is 11.0 Å². The molecule has 0 radical (unpaired) electrons. The normalized spacial score (nSPS) is 20.0. The Morgan fingerprint density at radius 2 is 2.25 bits per heavy atom. The second-order valence-corrected chi connectivity index (χ2v) is 7.86. The molecule has 2 atom stereocenters. The van der Waals surface area contributed by atoms with Crippen molar-refractivity contribution >= 4 is 39.3 Å². The maximum atomic E-state index is 12.3. The summed E-state index contributed by atoms with van der Waals surface area (Å²) in [6.45, 7) is 1.46. The first-order valence-corrected chi connectivity index (χ1v) is 9.82. The molecule has 1 fully saturated rings. The molecule has 3 rings (SSSR count). The Kier molecular flexibility index (Phi) is 5.48. The van der Waals surface area contributed by atoms with Gasteiger partial charge in [-0.05, 0) is 36.4 Å². The van der Waals surface area contributed by atoms with E-state index in [9.17, 15) is 9.00 Å². The van der Waals surface area contributed by atoms with Gasteiger partial charge in [-0.1, -0.05) is 17.7 Å². The van der Waals surface area contributed by atoms with Gasteiger partial charge in [0.2, 0.25) is 5.91 Å². The molecule has 0 aliphatic carbocycles. The van der Waals surface area contributed by atoms with Crippen LogP contribution in [0.1, 0.15) is 18.5 Å². The Balaban J connectivity index is 1.63. The molecular weight excluding hydrogens is 346 g/mol. The van der Waals surface area contributed by atoms with Crippen LogP contribution in [0.15, 0.2) is 30.5 Å². The van der Waals surface area contributed by atoms with Gasteiger partial charge in [0.05, 0.1) is 23.1 Å². The number of halogens is 1. The fraction of sp³-hybridized carbons (Fsp3) is 0.412. The minimum atomic E-state index is -0.986. The second-order valence-electron chi connectivity index (χ2n) is 6.06. The van der Waals surface area contributed by atoms with Crippen molar-refractivity contribution in [3.05, 3.63) is 41.2 Å². The van der Waals surface area contributed by atoms with Crippen molar-refractivity contribution in [3.8, 4) is 0 Å². The molecule has 2 heterocycles. The number of hydrogen-bond donors (Lipinski definition) is 1. The average Bonchev–Trinajstić information content (AvgIpc) is 2.54. The molecule has 1 amide bonds. The summed E-state index contributed by atoms with van der Waals surface area (Å²) in [5.74, 6) is -0.0578. The van der Waals surface area contributed by atoms with Crippen LogP contribution in [-0.4, -0.2) is 44.8 Å². The van der Waals surface area contributed by atoms with Crippen LogP contribution >= 0.6 is 11.6 Å². The highest BCUT2D eigenvalue weighted by Crippen LogP contribution is 2.19. The van der Waals surface area contributed by atoms with E-state index in [1.807, 2.05) is 28.6 Å². The van der Waals surface area contributed by atoms with Crippen molar-refractivity contribution in [2.45, 2.75) is 25.3 Å². The molecular formula is C17H20ClN3O2S. The highest BCUT2D eigenvalue weighted by molar-refractivity contribution is 7.81. The zero-order chi connectivity index (χ0) is 17.1. The Hall–Kier alpha value is -1.50. The van der Waals surface area contributed by atoms with E-state index in [-0.39, 0.29) is 18.4 Å². The molecule has 1 saturated heterocycles. The molecule has 2 aromatic rings. The van der Waals surface area contributed by atoms with Crippen molar-refractivity contribution in [1.82, 2.24) is 14.6 Å². The minimum Gasteiger partial charge on any atom is -0.352 e. The molecule has 0 bridgehead atoms. The lowest BCUT2D eigenvalue weighted by Crippen LogP contribution is -2.48. The van der Waals surface area contributed by atoms with Crippen LogP contribution in [0.5, 0.6) is 0 Å². The van der Waals surface area contributed by atoms with Gasteiger partial charge >= 0.3 is 0 Å². The Bertz CT molecular complexity index is 784. The van der Waals surface area contributed by atoms with Crippen molar-refractivity contribution in [1.29, 1.82) is 0 Å². The van der Waals surface area contributed by atoms with E-state index in [1.54, 1.807) is 12.5 Å². The zero-order valence-corrected chi connectivity index (χ0v) is 15.1. The maximum Gasteiger partial charge on any atom is 0.226 e. The molecule has 128 valence electrons. The molecule has 1 aromatic carbocycles. The zero-order valence-electron chi connectivity index (χ0n) is 13.5. The lowest BCUT2D eigenvalue weighted by atomic mass is 10.1. The van der Waals surface area contributed by atoms with Gasteiger partial charge < -0.3 is 5.32 Å². The fourth-order valence-electron chi connectivity index (χ4n) is 2.99. The number of rotatable bonds is 4. The lowest BCUT2D eigenvalue weighted by molar-refractivity contribution is -0.121. The molecule has 7 heteroatoms. The SMILES string of the molecule is CS(=O)N1CCCC(NC(=O)Cc2cc3cc(Cl)ccc3cn2)C1. The quantitative estimate of drug-likeness (QED) is 0.904. The van der Waals surface area contributed by atoms with E-state index in [2.05, 4.69) is 10.3 Å². The van der Waals surface area contributed by atoms with Crippen LogP contribution in [-0.2, 0) is 22.2 Å². The first-order valence-electron chi connectivity index (χ1n) is 7.93.